The van der Waals surface area contributed by atoms with Crippen LogP contribution in [0, 0.1) is 5.92 Å². The van der Waals surface area contributed by atoms with E-state index in [9.17, 15) is 14.4 Å². The van der Waals surface area contributed by atoms with E-state index in [1.807, 2.05) is 35.7 Å². The molecule has 2 heterocycles. The molecule has 0 aliphatic carbocycles. The molecule has 2 atom stereocenters. The maximum absolute atomic E-state index is 13.0. The number of methoxy groups -OCH3 is 3. The zero-order chi connectivity index (χ0) is 29.0. The number of para-hydroxylation sites is 1. The van der Waals surface area contributed by atoms with Gasteiger partial charge in [0.1, 0.15) is 11.7 Å². The molecule has 0 bridgehead atoms. The Morgan fingerprint density at radius 1 is 0.975 bits per heavy atom. The van der Waals surface area contributed by atoms with Crippen LogP contribution >= 0.6 is 11.3 Å². The Morgan fingerprint density at radius 3 is 2.40 bits per heavy atom. The quantitative estimate of drug-likeness (QED) is 0.353. The number of thiazole rings is 1. The fourth-order valence-corrected chi connectivity index (χ4v) is 5.53. The summed E-state index contributed by atoms with van der Waals surface area (Å²) in [5.41, 5.74) is 4.71. The molecule has 4 rings (SSSR count). The number of hydrogen-bond acceptors (Lipinski definition) is 10. The van der Waals surface area contributed by atoms with Crippen LogP contribution in [0.5, 0.6) is 5.75 Å². The number of nitrogens with one attached hydrogen (secondary N) is 2. The number of nitrogens with zero attached hydrogens (tertiary/aromatic N) is 2. The lowest BCUT2D eigenvalue weighted by molar-refractivity contribution is -0.143. The SMILES string of the molecule is COC(=O)C1=C(C)N=C(C)C(C(=O)OC)C1c1ccccc1Nc1nc(-c2ccc(OC)c(NC(C)=O)c2)cs1. The van der Waals surface area contributed by atoms with Crippen LogP contribution in [-0.2, 0) is 23.9 Å². The van der Waals surface area contributed by atoms with Gasteiger partial charge in [-0.1, -0.05) is 18.2 Å². The molecule has 3 aromatic rings. The van der Waals surface area contributed by atoms with Crippen LogP contribution < -0.4 is 15.4 Å². The molecule has 0 fully saturated rings. The van der Waals surface area contributed by atoms with Crippen LogP contribution in [0.1, 0.15) is 32.3 Å². The van der Waals surface area contributed by atoms with Crippen LogP contribution in [-0.4, -0.2) is 49.9 Å². The summed E-state index contributed by atoms with van der Waals surface area (Å²) in [5.74, 6) is -2.24. The lowest BCUT2D eigenvalue weighted by Gasteiger charge is -2.32. The summed E-state index contributed by atoms with van der Waals surface area (Å²) in [6.07, 6.45) is 0. The number of rotatable bonds is 8. The lowest BCUT2D eigenvalue weighted by Crippen LogP contribution is -2.36. The molecule has 11 heteroatoms. The van der Waals surface area contributed by atoms with Crippen molar-refractivity contribution < 1.29 is 28.6 Å². The first-order chi connectivity index (χ1) is 19.2. The van der Waals surface area contributed by atoms with Crippen molar-refractivity contribution in [1.29, 1.82) is 0 Å². The van der Waals surface area contributed by atoms with Gasteiger partial charge in [-0.3, -0.25) is 14.6 Å². The maximum Gasteiger partial charge on any atom is 0.336 e. The average molecular weight is 563 g/mol. The van der Waals surface area contributed by atoms with Crippen molar-refractivity contribution in [2.45, 2.75) is 26.7 Å². The van der Waals surface area contributed by atoms with Crippen molar-refractivity contribution in [2.24, 2.45) is 10.9 Å². The van der Waals surface area contributed by atoms with Crippen molar-refractivity contribution in [3.05, 3.63) is 64.7 Å². The number of aromatic nitrogens is 1. The number of benzene rings is 2. The summed E-state index contributed by atoms with van der Waals surface area (Å²) in [6.45, 7) is 4.91. The minimum Gasteiger partial charge on any atom is -0.495 e. The van der Waals surface area contributed by atoms with E-state index in [-0.39, 0.29) is 5.91 Å². The van der Waals surface area contributed by atoms with Gasteiger partial charge in [-0.05, 0) is 43.7 Å². The molecule has 40 heavy (non-hydrogen) atoms. The minimum absolute atomic E-state index is 0.212. The third kappa shape index (κ3) is 5.74. The molecule has 1 aromatic heterocycles. The van der Waals surface area contributed by atoms with Crippen molar-refractivity contribution in [3.63, 3.8) is 0 Å². The predicted octanol–water partition coefficient (Wildman–Crippen LogP) is 5.32. The second kappa shape index (κ2) is 12.1. The van der Waals surface area contributed by atoms with E-state index in [2.05, 4.69) is 15.6 Å². The second-order valence-corrected chi connectivity index (χ2v) is 9.93. The monoisotopic (exact) mass is 562 g/mol. The third-order valence-corrected chi connectivity index (χ3v) is 7.29. The molecule has 0 radical (unpaired) electrons. The molecule has 0 spiro atoms. The number of allylic oxidation sites excluding steroid dienone is 1. The topological polar surface area (TPSA) is 128 Å². The van der Waals surface area contributed by atoms with Gasteiger partial charge in [-0.25, -0.2) is 9.78 Å². The first-order valence-corrected chi connectivity index (χ1v) is 13.3. The number of esters is 2. The number of hydrogen-bond donors (Lipinski definition) is 2. The summed E-state index contributed by atoms with van der Waals surface area (Å²) in [5, 5.41) is 8.62. The van der Waals surface area contributed by atoms with Crippen molar-refractivity contribution in [1.82, 2.24) is 4.98 Å². The molecule has 2 N–H and O–H groups in total. The van der Waals surface area contributed by atoms with E-state index in [1.165, 1.54) is 39.6 Å². The Bertz CT molecular complexity index is 1530. The van der Waals surface area contributed by atoms with E-state index in [1.54, 1.807) is 26.0 Å². The molecule has 2 unspecified atom stereocenters. The fourth-order valence-electron chi connectivity index (χ4n) is 4.80. The highest BCUT2D eigenvalue weighted by Gasteiger charge is 2.43. The maximum atomic E-state index is 13.0. The zero-order valence-corrected chi connectivity index (χ0v) is 23.8. The molecule has 0 saturated carbocycles. The van der Waals surface area contributed by atoms with Gasteiger partial charge < -0.3 is 24.8 Å². The summed E-state index contributed by atoms with van der Waals surface area (Å²) in [4.78, 5) is 46.7. The van der Waals surface area contributed by atoms with Crippen molar-refractivity contribution in [2.75, 3.05) is 32.0 Å². The molecule has 1 amide bonds. The Balaban J connectivity index is 1.73. The minimum atomic E-state index is -0.816. The van der Waals surface area contributed by atoms with Gasteiger partial charge in [0.15, 0.2) is 5.13 Å². The summed E-state index contributed by atoms with van der Waals surface area (Å²) >= 11 is 1.39. The van der Waals surface area contributed by atoms with E-state index < -0.39 is 23.8 Å². The van der Waals surface area contributed by atoms with Gasteiger partial charge in [0.2, 0.25) is 5.91 Å². The number of anilines is 3. The molecule has 0 saturated heterocycles. The largest absolute Gasteiger partial charge is 0.495 e. The van der Waals surface area contributed by atoms with Crippen LogP contribution in [0.4, 0.5) is 16.5 Å². The molecular weight excluding hydrogens is 532 g/mol. The smallest absolute Gasteiger partial charge is 0.336 e. The van der Waals surface area contributed by atoms with Crippen molar-refractivity contribution in [3.8, 4) is 17.0 Å². The average Bonchev–Trinajstić information content (AvgIpc) is 3.40. The molecule has 1 aliphatic rings. The van der Waals surface area contributed by atoms with Gasteiger partial charge in [-0.15, -0.1) is 11.3 Å². The van der Waals surface area contributed by atoms with Gasteiger partial charge in [0.05, 0.1) is 38.3 Å². The number of ether oxygens (including phenoxy) is 3. The molecule has 2 aromatic carbocycles. The predicted molar refractivity (Wildman–Crippen MR) is 154 cm³/mol. The van der Waals surface area contributed by atoms with Crippen LogP contribution in [0.2, 0.25) is 0 Å². The zero-order valence-electron chi connectivity index (χ0n) is 23.0. The number of aliphatic imine (C=N–C) groups is 1. The third-order valence-electron chi connectivity index (χ3n) is 6.54. The van der Waals surface area contributed by atoms with Gasteiger partial charge in [0.25, 0.3) is 0 Å². The Hall–Kier alpha value is -4.51. The Labute approximate surface area is 236 Å². The number of amides is 1. The standard InChI is InChI=1S/C29H30N4O6S/c1-15-24(27(35)38-5)26(25(16(2)30-15)28(36)39-6)19-9-7-8-10-20(19)32-29-33-22(14-40-29)18-11-12-23(37-4)21(13-18)31-17(3)34/h7-14,24,26H,1-6H3,(H,31,34)(H,32,33). The summed E-state index contributed by atoms with van der Waals surface area (Å²) in [7, 11) is 4.15. The van der Waals surface area contributed by atoms with Crippen molar-refractivity contribution >= 4 is 51.4 Å². The summed E-state index contributed by atoms with van der Waals surface area (Å²) in [6, 6.07) is 12.8. The molecule has 1 aliphatic heterocycles. The van der Waals surface area contributed by atoms with E-state index in [4.69, 9.17) is 19.2 Å². The van der Waals surface area contributed by atoms with E-state index in [0.29, 0.717) is 50.5 Å². The highest BCUT2D eigenvalue weighted by Crippen LogP contribution is 2.43. The Kier molecular flexibility index (Phi) is 8.64. The molecule has 208 valence electrons. The second-order valence-electron chi connectivity index (χ2n) is 9.07. The van der Waals surface area contributed by atoms with E-state index in [0.717, 1.165) is 5.56 Å². The van der Waals surface area contributed by atoms with Gasteiger partial charge in [0, 0.05) is 40.9 Å². The first kappa shape index (κ1) is 28.5. The van der Waals surface area contributed by atoms with Crippen LogP contribution in [0.25, 0.3) is 11.3 Å². The van der Waals surface area contributed by atoms with Gasteiger partial charge in [-0.2, -0.15) is 0 Å². The lowest BCUT2D eigenvalue weighted by atomic mass is 9.75. The fraction of sp³-hybridized carbons (Fsp3) is 0.276. The molecular formula is C29H30N4O6S. The molecule has 10 nitrogen and oxygen atoms in total. The van der Waals surface area contributed by atoms with Gasteiger partial charge >= 0.3 is 11.9 Å². The Morgan fingerprint density at radius 2 is 1.73 bits per heavy atom. The van der Waals surface area contributed by atoms with E-state index >= 15 is 0 Å². The highest BCUT2D eigenvalue weighted by molar-refractivity contribution is 7.14. The normalized spacial score (nSPS) is 16.6. The van der Waals surface area contributed by atoms with Crippen LogP contribution in [0.15, 0.2) is 64.1 Å². The first-order valence-electron chi connectivity index (χ1n) is 12.4. The number of carbonyl (C=O) groups is 3. The highest BCUT2D eigenvalue weighted by atomic mass is 32.1. The number of carbonyl (C=O) groups excluding carboxylic acids is 3. The summed E-state index contributed by atoms with van der Waals surface area (Å²) < 4.78 is 15.5. The van der Waals surface area contributed by atoms with Crippen LogP contribution in [0.3, 0.4) is 0 Å².